The van der Waals surface area contributed by atoms with E-state index in [0.29, 0.717) is 11.3 Å². The van der Waals surface area contributed by atoms with Crippen molar-refractivity contribution in [3.8, 4) is 0 Å². The molecule has 0 spiro atoms. The molecular weight excluding hydrogens is 374 g/mol. The Bertz CT molecular complexity index is 1030. The minimum atomic E-state index is -0.184. The monoisotopic (exact) mass is 401 g/mol. The zero-order valence-corrected chi connectivity index (χ0v) is 17.5. The second kappa shape index (κ2) is 9.74. The number of anilines is 2. The van der Waals surface area contributed by atoms with Crippen LogP contribution in [0.25, 0.3) is 0 Å². The van der Waals surface area contributed by atoms with Crippen LogP contribution >= 0.6 is 0 Å². The first-order chi connectivity index (χ1) is 14.4. The minimum Gasteiger partial charge on any atom is -0.376 e. The van der Waals surface area contributed by atoms with E-state index < -0.39 is 0 Å². The van der Waals surface area contributed by atoms with Gasteiger partial charge in [-0.1, -0.05) is 48.5 Å². The van der Waals surface area contributed by atoms with Gasteiger partial charge < -0.3 is 16.0 Å². The summed E-state index contributed by atoms with van der Waals surface area (Å²) in [4.78, 5) is 25.0. The lowest BCUT2D eigenvalue weighted by atomic mass is 10.1. The molecule has 5 nitrogen and oxygen atoms in total. The Kier molecular flexibility index (Phi) is 6.86. The van der Waals surface area contributed by atoms with E-state index >= 15 is 0 Å². The highest BCUT2D eigenvalue weighted by Gasteiger charge is 2.12. The standard InChI is InChI=1S/C25H27N3O2/c1-17-12-13-18(2)23(14-17)26-16-24(29)28-22-11-7-10-21(15-22)25(30)27-19(3)20-8-5-4-6-9-20/h4-15,19,26H,16H2,1-3H3,(H,27,30)(H,28,29). The van der Waals surface area contributed by atoms with E-state index in [-0.39, 0.29) is 24.4 Å². The third-order valence-corrected chi connectivity index (χ3v) is 4.89. The fourth-order valence-corrected chi connectivity index (χ4v) is 3.15. The van der Waals surface area contributed by atoms with Crippen molar-refractivity contribution < 1.29 is 9.59 Å². The molecule has 3 aromatic rings. The second-order valence-electron chi connectivity index (χ2n) is 7.41. The topological polar surface area (TPSA) is 70.2 Å². The maximum absolute atomic E-state index is 12.6. The van der Waals surface area contributed by atoms with Gasteiger partial charge in [-0.25, -0.2) is 0 Å². The number of amides is 2. The Balaban J connectivity index is 1.58. The van der Waals surface area contributed by atoms with Crippen LogP contribution in [0.3, 0.4) is 0 Å². The molecule has 3 aromatic carbocycles. The summed E-state index contributed by atoms with van der Waals surface area (Å²) in [5.74, 6) is -0.359. The Hall–Kier alpha value is -3.60. The lowest BCUT2D eigenvalue weighted by Gasteiger charge is -2.15. The van der Waals surface area contributed by atoms with Gasteiger partial charge in [0.2, 0.25) is 5.91 Å². The van der Waals surface area contributed by atoms with Crippen molar-refractivity contribution in [3.05, 3.63) is 95.1 Å². The number of benzene rings is 3. The lowest BCUT2D eigenvalue weighted by molar-refractivity contribution is -0.114. The fraction of sp³-hybridized carbons (Fsp3) is 0.200. The number of aryl methyl sites for hydroxylation is 2. The number of nitrogens with one attached hydrogen (secondary N) is 3. The summed E-state index contributed by atoms with van der Waals surface area (Å²) in [6, 6.07) is 22.7. The van der Waals surface area contributed by atoms with E-state index in [1.165, 1.54) is 0 Å². The first-order valence-electron chi connectivity index (χ1n) is 9.99. The SMILES string of the molecule is Cc1ccc(C)c(NCC(=O)Nc2cccc(C(=O)NC(C)c3ccccc3)c2)c1. The van der Waals surface area contributed by atoms with Crippen LogP contribution in [0.15, 0.2) is 72.8 Å². The molecule has 30 heavy (non-hydrogen) atoms. The van der Waals surface area contributed by atoms with E-state index in [9.17, 15) is 9.59 Å². The summed E-state index contributed by atoms with van der Waals surface area (Å²) in [6.07, 6.45) is 0. The molecule has 1 unspecified atom stereocenters. The van der Waals surface area contributed by atoms with Crippen LogP contribution in [-0.2, 0) is 4.79 Å². The van der Waals surface area contributed by atoms with Gasteiger partial charge in [-0.3, -0.25) is 9.59 Å². The van der Waals surface area contributed by atoms with Crippen LogP contribution < -0.4 is 16.0 Å². The summed E-state index contributed by atoms with van der Waals surface area (Å²) in [5.41, 5.74) is 5.27. The molecule has 0 saturated heterocycles. The Morgan fingerprint density at radius 3 is 2.43 bits per heavy atom. The molecule has 0 aromatic heterocycles. The second-order valence-corrected chi connectivity index (χ2v) is 7.41. The van der Waals surface area contributed by atoms with Gasteiger partial charge in [-0.2, -0.15) is 0 Å². The van der Waals surface area contributed by atoms with E-state index in [2.05, 4.69) is 16.0 Å². The highest BCUT2D eigenvalue weighted by atomic mass is 16.2. The van der Waals surface area contributed by atoms with E-state index in [0.717, 1.165) is 22.4 Å². The largest absolute Gasteiger partial charge is 0.376 e. The molecule has 0 fully saturated rings. The smallest absolute Gasteiger partial charge is 0.251 e. The molecule has 0 heterocycles. The van der Waals surface area contributed by atoms with Gasteiger partial charge in [0, 0.05) is 16.9 Å². The van der Waals surface area contributed by atoms with E-state index in [1.807, 2.05) is 69.3 Å². The number of hydrogen-bond acceptors (Lipinski definition) is 3. The van der Waals surface area contributed by atoms with Crippen LogP contribution in [0.5, 0.6) is 0 Å². The average molecular weight is 402 g/mol. The Morgan fingerprint density at radius 2 is 1.67 bits per heavy atom. The van der Waals surface area contributed by atoms with Gasteiger partial charge in [0.1, 0.15) is 0 Å². The van der Waals surface area contributed by atoms with Crippen LogP contribution in [-0.4, -0.2) is 18.4 Å². The van der Waals surface area contributed by atoms with Gasteiger partial charge in [-0.15, -0.1) is 0 Å². The molecule has 2 amide bonds. The number of carbonyl (C=O) groups is 2. The van der Waals surface area contributed by atoms with Crippen molar-refractivity contribution in [2.24, 2.45) is 0 Å². The van der Waals surface area contributed by atoms with Crippen molar-refractivity contribution in [2.75, 3.05) is 17.2 Å². The number of rotatable bonds is 7. The van der Waals surface area contributed by atoms with Crippen molar-refractivity contribution in [1.82, 2.24) is 5.32 Å². The quantitative estimate of drug-likeness (QED) is 0.530. The zero-order valence-electron chi connectivity index (χ0n) is 17.5. The van der Waals surface area contributed by atoms with Gasteiger partial charge in [-0.05, 0) is 61.7 Å². The molecule has 0 aliphatic heterocycles. The first-order valence-corrected chi connectivity index (χ1v) is 9.99. The summed E-state index contributed by atoms with van der Waals surface area (Å²) >= 11 is 0. The predicted molar refractivity (Wildman–Crippen MR) is 122 cm³/mol. The molecule has 1 atom stereocenters. The first kappa shape index (κ1) is 21.1. The maximum atomic E-state index is 12.6. The van der Waals surface area contributed by atoms with Crippen molar-refractivity contribution >= 4 is 23.2 Å². The van der Waals surface area contributed by atoms with E-state index in [1.54, 1.807) is 24.3 Å². The Morgan fingerprint density at radius 1 is 0.900 bits per heavy atom. The normalized spacial score (nSPS) is 11.4. The molecule has 5 heteroatoms. The minimum absolute atomic E-state index is 0.112. The lowest BCUT2D eigenvalue weighted by Crippen LogP contribution is -2.27. The van der Waals surface area contributed by atoms with Gasteiger partial charge >= 0.3 is 0 Å². The highest BCUT2D eigenvalue weighted by Crippen LogP contribution is 2.17. The third kappa shape index (κ3) is 5.70. The average Bonchev–Trinajstić information content (AvgIpc) is 2.75. The molecule has 0 bridgehead atoms. The van der Waals surface area contributed by atoms with Gasteiger partial charge in [0.05, 0.1) is 12.6 Å². The van der Waals surface area contributed by atoms with Crippen molar-refractivity contribution in [3.63, 3.8) is 0 Å². The molecule has 3 N–H and O–H groups in total. The third-order valence-electron chi connectivity index (χ3n) is 4.89. The molecule has 0 aliphatic rings. The van der Waals surface area contributed by atoms with Crippen LogP contribution in [0.2, 0.25) is 0 Å². The fourth-order valence-electron chi connectivity index (χ4n) is 3.15. The van der Waals surface area contributed by atoms with E-state index in [4.69, 9.17) is 0 Å². The summed E-state index contributed by atoms with van der Waals surface area (Å²) in [7, 11) is 0. The van der Waals surface area contributed by atoms with Crippen molar-refractivity contribution in [2.45, 2.75) is 26.8 Å². The van der Waals surface area contributed by atoms with Crippen molar-refractivity contribution in [1.29, 1.82) is 0 Å². The zero-order chi connectivity index (χ0) is 21.5. The summed E-state index contributed by atoms with van der Waals surface area (Å²) in [5, 5.41) is 9.00. The highest BCUT2D eigenvalue weighted by molar-refractivity contribution is 5.98. The number of hydrogen-bond donors (Lipinski definition) is 3. The predicted octanol–water partition coefficient (Wildman–Crippen LogP) is 4.85. The summed E-state index contributed by atoms with van der Waals surface area (Å²) in [6.45, 7) is 6.10. The van der Waals surface area contributed by atoms with Gasteiger partial charge in [0.15, 0.2) is 0 Å². The van der Waals surface area contributed by atoms with Gasteiger partial charge in [0.25, 0.3) is 5.91 Å². The van der Waals surface area contributed by atoms with Crippen LogP contribution in [0.4, 0.5) is 11.4 Å². The molecular formula is C25H27N3O2. The molecule has 0 aliphatic carbocycles. The molecule has 0 saturated carbocycles. The molecule has 3 rings (SSSR count). The molecule has 154 valence electrons. The molecule has 0 radical (unpaired) electrons. The maximum Gasteiger partial charge on any atom is 0.251 e. The van der Waals surface area contributed by atoms with Crippen LogP contribution in [0.1, 0.15) is 40.0 Å². The van der Waals surface area contributed by atoms with Crippen LogP contribution in [0, 0.1) is 13.8 Å². The Labute approximate surface area is 177 Å². The number of carbonyl (C=O) groups excluding carboxylic acids is 2. The summed E-state index contributed by atoms with van der Waals surface area (Å²) < 4.78 is 0.